The number of fused-ring (bicyclic) bond motifs is 1. The van der Waals surface area contributed by atoms with Crippen LogP contribution in [0.2, 0.25) is 0 Å². The number of nitrogens with zero attached hydrogens (tertiary/aromatic N) is 2. The number of thiazole rings is 1. The number of piperidine rings is 1. The van der Waals surface area contributed by atoms with Crippen LogP contribution in [0.3, 0.4) is 0 Å². The van der Waals surface area contributed by atoms with Crippen LogP contribution in [0.25, 0.3) is 10.2 Å². The molecule has 0 spiro atoms. The molecule has 0 atom stereocenters. The summed E-state index contributed by atoms with van der Waals surface area (Å²) < 4.78 is 1.12. The average Bonchev–Trinajstić information content (AvgIpc) is 3.15. The Labute approximate surface area is 168 Å². The number of hydrogen-bond donors (Lipinski definition) is 1. The molecule has 1 fully saturated rings. The third kappa shape index (κ3) is 3.52. The molecule has 2 amide bonds. The Hall–Kier alpha value is -2.73. The van der Waals surface area contributed by atoms with Crippen LogP contribution in [0.5, 0.6) is 0 Å². The molecule has 6 heteroatoms. The Balaban J connectivity index is 1.54. The monoisotopic (exact) mass is 393 g/mol. The highest BCUT2D eigenvalue weighted by atomic mass is 32.1. The van der Waals surface area contributed by atoms with Crippen LogP contribution >= 0.6 is 11.3 Å². The van der Waals surface area contributed by atoms with Gasteiger partial charge in [0.25, 0.3) is 0 Å². The molecule has 2 heterocycles. The molecule has 0 aliphatic carbocycles. The number of carbonyl (C=O) groups excluding carboxylic acids is 2. The minimum atomic E-state index is -0.607. The maximum absolute atomic E-state index is 13.3. The minimum Gasteiger partial charge on any atom is -0.349 e. The summed E-state index contributed by atoms with van der Waals surface area (Å²) in [5.41, 5.74) is 1.37. The van der Waals surface area contributed by atoms with Gasteiger partial charge in [0.15, 0.2) is 0 Å². The molecule has 0 radical (unpaired) electrons. The van der Waals surface area contributed by atoms with Crippen LogP contribution in [0.15, 0.2) is 54.6 Å². The third-order valence-electron chi connectivity index (χ3n) is 5.56. The number of nitrogens with one attached hydrogen (secondary N) is 1. The van der Waals surface area contributed by atoms with Crippen molar-refractivity contribution in [3.05, 3.63) is 65.2 Å². The van der Waals surface area contributed by atoms with E-state index in [4.69, 9.17) is 0 Å². The molecule has 1 aliphatic rings. The normalized spacial score (nSPS) is 16.1. The molecule has 28 heavy (non-hydrogen) atoms. The zero-order valence-corrected chi connectivity index (χ0v) is 16.7. The summed E-state index contributed by atoms with van der Waals surface area (Å²) in [5, 5.41) is 4.02. The van der Waals surface area contributed by atoms with Gasteiger partial charge in [0, 0.05) is 20.0 Å². The molecule has 1 saturated heterocycles. The lowest BCUT2D eigenvalue weighted by Gasteiger charge is -2.40. The van der Waals surface area contributed by atoms with Crippen molar-refractivity contribution >= 4 is 33.4 Å². The first kappa shape index (κ1) is 18.6. The largest absolute Gasteiger partial charge is 0.349 e. The molecule has 4 rings (SSSR count). The fourth-order valence-corrected chi connectivity index (χ4v) is 4.84. The van der Waals surface area contributed by atoms with Crippen molar-refractivity contribution < 1.29 is 9.59 Å². The van der Waals surface area contributed by atoms with Crippen LogP contribution in [-0.2, 0) is 21.5 Å². The van der Waals surface area contributed by atoms with Crippen molar-refractivity contribution in [1.29, 1.82) is 0 Å². The highest BCUT2D eigenvalue weighted by molar-refractivity contribution is 7.18. The lowest BCUT2D eigenvalue weighted by Crippen LogP contribution is -2.52. The molecule has 5 nitrogen and oxygen atoms in total. The zero-order valence-electron chi connectivity index (χ0n) is 15.9. The van der Waals surface area contributed by atoms with E-state index >= 15 is 0 Å². The van der Waals surface area contributed by atoms with E-state index in [0.717, 1.165) is 20.8 Å². The van der Waals surface area contributed by atoms with Gasteiger partial charge in [-0.2, -0.15) is 0 Å². The first-order valence-corrected chi connectivity index (χ1v) is 10.3. The molecule has 1 N–H and O–H groups in total. The third-order valence-corrected chi connectivity index (χ3v) is 6.60. The molecule has 1 aromatic heterocycles. The summed E-state index contributed by atoms with van der Waals surface area (Å²) >= 11 is 1.61. The van der Waals surface area contributed by atoms with Gasteiger partial charge in [0.2, 0.25) is 11.8 Å². The van der Waals surface area contributed by atoms with E-state index in [-0.39, 0.29) is 11.8 Å². The van der Waals surface area contributed by atoms with Gasteiger partial charge >= 0.3 is 0 Å². The molecule has 1 aliphatic heterocycles. The maximum atomic E-state index is 13.3. The molecule has 0 saturated carbocycles. The number of carbonyl (C=O) groups is 2. The fourth-order valence-electron chi connectivity index (χ4n) is 3.93. The molecule has 0 unspecified atom stereocenters. The van der Waals surface area contributed by atoms with Gasteiger partial charge in [-0.05, 0) is 30.5 Å². The standard InChI is InChI=1S/C22H23N3O2S/c1-16(26)25-13-11-22(12-14-25,17-7-3-2-4-8-17)21(27)23-15-20-24-18-9-5-6-10-19(18)28-20/h2-10H,11-15H2,1H3,(H,23,27). The topological polar surface area (TPSA) is 62.3 Å². The van der Waals surface area contributed by atoms with Crippen molar-refractivity contribution in [2.45, 2.75) is 31.7 Å². The zero-order chi connectivity index (χ0) is 19.6. The summed E-state index contributed by atoms with van der Waals surface area (Å²) in [6.07, 6.45) is 1.25. The van der Waals surface area contributed by atoms with Gasteiger partial charge in [-0.1, -0.05) is 42.5 Å². The van der Waals surface area contributed by atoms with Crippen molar-refractivity contribution in [3.63, 3.8) is 0 Å². The van der Waals surface area contributed by atoms with Crippen LogP contribution in [0.1, 0.15) is 30.3 Å². The summed E-state index contributed by atoms with van der Waals surface area (Å²) in [5.74, 6) is 0.0812. The lowest BCUT2D eigenvalue weighted by molar-refractivity contribution is -0.135. The Morgan fingerprint density at radius 2 is 1.75 bits per heavy atom. The molecule has 144 valence electrons. The van der Waals surface area contributed by atoms with E-state index in [2.05, 4.69) is 10.3 Å². The van der Waals surface area contributed by atoms with Crippen LogP contribution in [0, 0.1) is 0 Å². The number of benzene rings is 2. The van der Waals surface area contributed by atoms with E-state index in [1.165, 1.54) is 0 Å². The molecule has 3 aromatic rings. The van der Waals surface area contributed by atoms with Crippen molar-refractivity contribution in [2.75, 3.05) is 13.1 Å². The molecule has 0 bridgehead atoms. The lowest BCUT2D eigenvalue weighted by atomic mass is 9.72. The second-order valence-corrected chi connectivity index (χ2v) is 8.33. The molecular formula is C22H23N3O2S. The van der Waals surface area contributed by atoms with Crippen LogP contribution in [-0.4, -0.2) is 34.8 Å². The van der Waals surface area contributed by atoms with Gasteiger partial charge in [0.05, 0.1) is 22.2 Å². The van der Waals surface area contributed by atoms with E-state index in [1.807, 2.05) is 59.5 Å². The number of aromatic nitrogens is 1. The van der Waals surface area contributed by atoms with E-state index in [0.29, 0.717) is 32.5 Å². The maximum Gasteiger partial charge on any atom is 0.231 e. The summed E-state index contributed by atoms with van der Waals surface area (Å²) in [4.78, 5) is 31.5. The first-order chi connectivity index (χ1) is 13.6. The Morgan fingerprint density at radius 3 is 2.43 bits per heavy atom. The second kappa shape index (κ2) is 7.72. The SMILES string of the molecule is CC(=O)N1CCC(C(=O)NCc2nc3ccccc3s2)(c2ccccc2)CC1. The Morgan fingerprint density at radius 1 is 1.07 bits per heavy atom. The van der Waals surface area contributed by atoms with E-state index in [9.17, 15) is 9.59 Å². The molecule has 2 aromatic carbocycles. The predicted molar refractivity (Wildman–Crippen MR) is 111 cm³/mol. The quantitative estimate of drug-likeness (QED) is 0.738. The number of para-hydroxylation sites is 1. The Kier molecular flexibility index (Phi) is 5.13. The summed E-state index contributed by atoms with van der Waals surface area (Å²) in [6.45, 7) is 3.20. The van der Waals surface area contributed by atoms with Gasteiger partial charge in [-0.25, -0.2) is 4.98 Å². The summed E-state index contributed by atoms with van der Waals surface area (Å²) in [7, 11) is 0. The second-order valence-electron chi connectivity index (χ2n) is 7.21. The predicted octanol–water partition coefficient (Wildman–Crippen LogP) is 3.49. The smallest absolute Gasteiger partial charge is 0.231 e. The van der Waals surface area contributed by atoms with Gasteiger partial charge < -0.3 is 10.2 Å². The van der Waals surface area contributed by atoms with E-state index in [1.54, 1.807) is 18.3 Å². The van der Waals surface area contributed by atoms with Gasteiger partial charge in [-0.3, -0.25) is 9.59 Å². The first-order valence-electron chi connectivity index (χ1n) is 9.52. The van der Waals surface area contributed by atoms with Gasteiger partial charge in [0.1, 0.15) is 5.01 Å². The highest BCUT2D eigenvalue weighted by Gasteiger charge is 2.43. The average molecular weight is 394 g/mol. The number of amides is 2. The number of likely N-dealkylation sites (tertiary alicyclic amines) is 1. The van der Waals surface area contributed by atoms with Crippen molar-refractivity contribution in [1.82, 2.24) is 15.2 Å². The van der Waals surface area contributed by atoms with Crippen molar-refractivity contribution in [2.24, 2.45) is 0 Å². The van der Waals surface area contributed by atoms with Crippen LogP contribution in [0.4, 0.5) is 0 Å². The number of hydrogen-bond acceptors (Lipinski definition) is 4. The molecular weight excluding hydrogens is 370 g/mol. The number of rotatable bonds is 4. The minimum absolute atomic E-state index is 0.0150. The fraction of sp³-hybridized carbons (Fsp3) is 0.318. The summed E-state index contributed by atoms with van der Waals surface area (Å²) in [6, 6.07) is 17.9. The van der Waals surface area contributed by atoms with Crippen molar-refractivity contribution in [3.8, 4) is 0 Å². The van der Waals surface area contributed by atoms with Gasteiger partial charge in [-0.15, -0.1) is 11.3 Å². The highest BCUT2D eigenvalue weighted by Crippen LogP contribution is 2.36. The van der Waals surface area contributed by atoms with E-state index < -0.39 is 5.41 Å². The Bertz CT molecular complexity index is 958. The van der Waals surface area contributed by atoms with Crippen LogP contribution < -0.4 is 5.32 Å².